The minimum atomic E-state index is -0.0623. The van der Waals surface area contributed by atoms with Crippen LogP contribution < -0.4 is 75.9 Å². The molecule has 0 saturated carbocycles. The first-order valence-corrected chi connectivity index (χ1v) is 23.2. The third kappa shape index (κ3) is 7.85. The number of fused-ring (bicyclic) bond motifs is 5. The Morgan fingerprint density at radius 1 is 0.288 bits per heavy atom. The number of furan rings is 1. The van der Waals surface area contributed by atoms with Gasteiger partial charge in [0.15, 0.2) is 0 Å². The van der Waals surface area contributed by atoms with Gasteiger partial charge < -0.3 is 9.32 Å². The topological polar surface area (TPSA) is 16.4 Å². The molecule has 0 saturated heterocycles. The van der Waals surface area contributed by atoms with Crippen LogP contribution in [-0.4, -0.2) is 102 Å². The lowest BCUT2D eigenvalue weighted by Crippen LogP contribution is -2.57. The highest BCUT2D eigenvalue weighted by Crippen LogP contribution is 2.41. The van der Waals surface area contributed by atoms with Gasteiger partial charge in [0.1, 0.15) is 113 Å². The van der Waals surface area contributed by atoms with Gasteiger partial charge in [-0.25, -0.2) is 0 Å². The van der Waals surface area contributed by atoms with Crippen molar-refractivity contribution in [2.45, 2.75) is 0 Å². The number of benzene rings is 10. The molecule has 10 aromatic carbocycles. The zero-order valence-electron chi connectivity index (χ0n) is 39.4. The maximum Gasteiger partial charge on any atom is 0.143 e. The second-order valence-corrected chi connectivity index (χ2v) is 18.0. The van der Waals surface area contributed by atoms with Gasteiger partial charge in [-0.2, -0.15) is 0 Å². The molecule has 0 atom stereocenters. The first-order chi connectivity index (χ1) is 35.2. The van der Waals surface area contributed by atoms with Crippen LogP contribution in [0.3, 0.4) is 0 Å². The maximum absolute atomic E-state index is 7.17. The fraction of sp³-hybridized carbons (Fsp3) is 0. The molecule has 308 valence electrons. The van der Waals surface area contributed by atoms with E-state index in [4.69, 9.17) is 106 Å². The maximum atomic E-state index is 7.17. The Hall–Kier alpha value is -7.10. The summed E-state index contributed by atoms with van der Waals surface area (Å²) >= 11 is 0. The van der Waals surface area contributed by atoms with Crippen LogP contribution in [0.15, 0.2) is 162 Å². The van der Waals surface area contributed by atoms with E-state index in [1.807, 2.05) is 95.9 Å². The Morgan fingerprint density at radius 3 is 1.19 bits per heavy atom. The zero-order valence-corrected chi connectivity index (χ0v) is 39.4. The fourth-order valence-electron chi connectivity index (χ4n) is 10.1. The van der Waals surface area contributed by atoms with Crippen molar-refractivity contribution in [3.8, 4) is 55.6 Å². The lowest BCUT2D eigenvalue weighted by atomic mass is 9.55. The van der Waals surface area contributed by atoms with E-state index in [2.05, 4.69) is 66.7 Å². The number of nitrogens with zero attached hydrogens (tertiary/aromatic N) is 1. The first kappa shape index (κ1) is 48.2. The van der Waals surface area contributed by atoms with Crippen LogP contribution in [0.25, 0.3) is 88.3 Å². The summed E-state index contributed by atoms with van der Waals surface area (Å²) in [7, 11) is 87.2. The predicted molar refractivity (Wildman–Crippen MR) is 323 cm³/mol. The zero-order chi connectivity index (χ0) is 51.1. The third-order valence-electron chi connectivity index (χ3n) is 14.0. The molecule has 0 bridgehead atoms. The molecule has 0 aliphatic carbocycles. The Balaban J connectivity index is 1.05. The highest BCUT2D eigenvalue weighted by molar-refractivity contribution is 6.72. The summed E-state index contributed by atoms with van der Waals surface area (Å²) in [5.74, 6) is 0. The third-order valence-corrected chi connectivity index (χ3v) is 14.0. The van der Waals surface area contributed by atoms with Crippen LogP contribution in [0, 0.1) is 0 Å². The van der Waals surface area contributed by atoms with Crippen molar-refractivity contribution in [3.05, 3.63) is 158 Å². The molecule has 73 heavy (non-hydrogen) atoms. The molecule has 0 aliphatic heterocycles. The van der Waals surface area contributed by atoms with Gasteiger partial charge in [-0.1, -0.05) is 176 Å². The average molecular weight is 893 g/mol. The lowest BCUT2D eigenvalue weighted by molar-refractivity contribution is 0.673. The summed E-state index contributed by atoms with van der Waals surface area (Å²) in [5.41, 5.74) is 9.79. The molecule has 1 aromatic heterocycles. The molecule has 0 unspecified atom stereocenters. The van der Waals surface area contributed by atoms with Gasteiger partial charge in [0.05, 0.1) is 0 Å². The summed E-state index contributed by atoms with van der Waals surface area (Å²) in [6.45, 7) is 0. The van der Waals surface area contributed by atoms with E-state index in [1.165, 1.54) is 0 Å². The van der Waals surface area contributed by atoms with Crippen molar-refractivity contribution >= 4 is 223 Å². The van der Waals surface area contributed by atoms with Gasteiger partial charge in [-0.15, -0.1) is 16.4 Å². The monoisotopic (exact) mass is 895 g/mol. The second kappa shape index (κ2) is 18.7. The van der Waals surface area contributed by atoms with E-state index in [0.717, 1.165) is 66.1 Å². The Kier molecular flexibility index (Phi) is 12.4. The van der Waals surface area contributed by atoms with Crippen LogP contribution in [0.1, 0.15) is 0 Å². The minimum Gasteiger partial charge on any atom is -0.455 e. The van der Waals surface area contributed by atoms with Crippen LogP contribution in [0.5, 0.6) is 0 Å². The van der Waals surface area contributed by atoms with Gasteiger partial charge in [0.2, 0.25) is 0 Å². The molecule has 15 heteroatoms. The van der Waals surface area contributed by atoms with Crippen LogP contribution >= 0.6 is 0 Å². The molecule has 0 N–H and O–H groups in total. The largest absolute Gasteiger partial charge is 0.455 e. The number of rotatable bonds is 8. The molecule has 0 fully saturated rings. The van der Waals surface area contributed by atoms with E-state index in [1.54, 1.807) is 0 Å². The summed E-state index contributed by atoms with van der Waals surface area (Å²) < 4.78 is 6.53. The standard InChI is InChI=1S/C58H26B13NO/c59-44-40(42-48(63)52(67)54(69)53(68)49(42)64)45(60)47(62)41(46(44)61)43-50(65)55(70)57(56(71)51(43)66)72(33-22-17-30(18-23-33)29-15-13-28(14-16-29)27-7-2-1-3-8-27)34-24-19-32(20-25-34)35-11-6-12-38-39(35)37-26-21-31-9-4-5-10-36(31)58(37)73-38/h1-26H. The highest BCUT2D eigenvalue weighted by atomic mass is 16.3. The van der Waals surface area contributed by atoms with Gasteiger partial charge in [-0.05, 0) is 97.4 Å². The first-order valence-electron chi connectivity index (χ1n) is 23.2. The molecule has 0 aliphatic rings. The minimum absolute atomic E-state index is 0.00401. The SMILES string of the molecule is [B]c1c([B])c([B])c(-c2c([B])c([B])c(-c3c([B])c([B])c(N(c4ccc(-c5ccc(-c6ccccc6)cc5)cc4)c4ccc(-c5cccc6oc7c8ccccc8ccc7c56)cc4)c([B])c3[B])c([B])c2[B])c([B])c1[B]. The molecule has 26 radical (unpaired) electrons. The van der Waals surface area contributed by atoms with E-state index in [9.17, 15) is 0 Å². The fourth-order valence-corrected chi connectivity index (χ4v) is 10.1. The normalized spacial score (nSPS) is 11.5. The second-order valence-electron chi connectivity index (χ2n) is 18.0. The van der Waals surface area contributed by atoms with Gasteiger partial charge in [0.25, 0.3) is 0 Å². The Bertz CT molecular complexity index is 3960. The van der Waals surface area contributed by atoms with Crippen molar-refractivity contribution in [2.24, 2.45) is 0 Å². The quantitative estimate of drug-likeness (QED) is 0.211. The van der Waals surface area contributed by atoms with Gasteiger partial charge >= 0.3 is 0 Å². The van der Waals surface area contributed by atoms with Gasteiger partial charge in [0, 0.05) is 33.2 Å². The summed E-state index contributed by atoms with van der Waals surface area (Å²) in [4.78, 5) is 1.91. The Morgan fingerprint density at radius 2 is 0.685 bits per heavy atom. The van der Waals surface area contributed by atoms with Crippen molar-refractivity contribution in [1.29, 1.82) is 0 Å². The molecular formula is C58H26B13NO. The number of hydrogen-bond acceptors (Lipinski definition) is 2. The summed E-state index contributed by atoms with van der Waals surface area (Å²) in [5, 5.41) is 4.17. The van der Waals surface area contributed by atoms with E-state index < -0.39 is 0 Å². The molecule has 2 nitrogen and oxygen atoms in total. The van der Waals surface area contributed by atoms with Crippen LogP contribution in [0.4, 0.5) is 17.1 Å². The molecule has 0 spiro atoms. The summed E-state index contributed by atoms with van der Waals surface area (Å²) in [6, 6.07) is 53.3. The molecule has 0 amide bonds. The Labute approximate surface area is 442 Å². The lowest BCUT2D eigenvalue weighted by Gasteiger charge is -2.34. The van der Waals surface area contributed by atoms with E-state index >= 15 is 0 Å². The van der Waals surface area contributed by atoms with Crippen LogP contribution in [0.2, 0.25) is 0 Å². The van der Waals surface area contributed by atoms with E-state index in [0.29, 0.717) is 17.1 Å². The van der Waals surface area contributed by atoms with Crippen molar-refractivity contribution in [2.75, 3.05) is 4.90 Å². The van der Waals surface area contributed by atoms with Crippen molar-refractivity contribution in [1.82, 2.24) is 0 Å². The highest BCUT2D eigenvalue weighted by Gasteiger charge is 2.26. The molecule has 11 rings (SSSR count). The van der Waals surface area contributed by atoms with Gasteiger partial charge in [-0.3, -0.25) is 0 Å². The van der Waals surface area contributed by atoms with Crippen molar-refractivity contribution < 1.29 is 4.42 Å². The average Bonchev–Trinajstić information content (AvgIpc) is 3.82. The van der Waals surface area contributed by atoms with E-state index in [-0.39, 0.29) is 93.3 Å². The summed E-state index contributed by atoms with van der Waals surface area (Å²) in [6.07, 6.45) is 0. The predicted octanol–water partition coefficient (Wildman–Crippen LogP) is 0.863. The molecule has 11 aromatic rings. The molecular weight excluding hydrogens is 867 g/mol. The van der Waals surface area contributed by atoms with Crippen LogP contribution in [-0.2, 0) is 0 Å². The molecule has 1 heterocycles. The smallest absolute Gasteiger partial charge is 0.143 e. The van der Waals surface area contributed by atoms with Crippen molar-refractivity contribution in [3.63, 3.8) is 0 Å². The number of anilines is 3. The number of hydrogen-bond donors (Lipinski definition) is 0.